The van der Waals surface area contributed by atoms with Crippen LogP contribution in [0, 0.1) is 6.92 Å². The Morgan fingerprint density at radius 3 is 2.95 bits per heavy atom. The molecule has 0 unspecified atom stereocenters. The molecule has 1 aromatic carbocycles. The molecule has 0 saturated carbocycles. The van der Waals surface area contributed by atoms with Crippen molar-refractivity contribution in [2.75, 3.05) is 13.2 Å². The fourth-order valence-electron chi connectivity index (χ4n) is 2.05. The van der Waals surface area contributed by atoms with Crippen molar-refractivity contribution in [2.24, 2.45) is 0 Å². The summed E-state index contributed by atoms with van der Waals surface area (Å²) in [5.41, 5.74) is 2.21. The summed E-state index contributed by atoms with van der Waals surface area (Å²) < 4.78 is 7.65. The number of ether oxygens (including phenoxy) is 1. The quantitative estimate of drug-likeness (QED) is 0.760. The number of hydrogen-bond donors (Lipinski definition) is 1. The lowest BCUT2D eigenvalue weighted by Crippen LogP contribution is -2.14. The van der Waals surface area contributed by atoms with E-state index in [2.05, 4.69) is 29.5 Å². The van der Waals surface area contributed by atoms with Gasteiger partial charge in [0.05, 0.1) is 23.5 Å². The smallest absolute Gasteiger partial charge is 0.119 e. The third-order valence-electron chi connectivity index (χ3n) is 3.27. The van der Waals surface area contributed by atoms with Crippen LogP contribution in [-0.4, -0.2) is 22.9 Å². The molecule has 0 aliphatic rings. The Hall–Kier alpha value is -1.52. The van der Waals surface area contributed by atoms with Gasteiger partial charge in [-0.05, 0) is 37.6 Å². The summed E-state index contributed by atoms with van der Waals surface area (Å²) in [5.74, 6) is 0.890. The van der Waals surface area contributed by atoms with Gasteiger partial charge in [0.2, 0.25) is 0 Å². The summed E-state index contributed by atoms with van der Waals surface area (Å²) in [5, 5.41) is 8.29. The standard InChI is InChI=1S/C16H22ClN3O/c1-3-7-18-11-14-5-4-6-15(10-14)21-9-8-20-13(2)16(17)12-19-20/h4-6,10,12,18H,3,7-9,11H2,1-2H3. The first-order valence-electron chi connectivity index (χ1n) is 7.31. The highest BCUT2D eigenvalue weighted by molar-refractivity contribution is 6.31. The van der Waals surface area contributed by atoms with Crippen molar-refractivity contribution in [2.45, 2.75) is 33.4 Å². The van der Waals surface area contributed by atoms with Crippen LogP contribution < -0.4 is 10.1 Å². The highest BCUT2D eigenvalue weighted by atomic mass is 35.5. The van der Waals surface area contributed by atoms with Gasteiger partial charge in [0.15, 0.2) is 0 Å². The second-order valence-electron chi connectivity index (χ2n) is 4.97. The maximum Gasteiger partial charge on any atom is 0.119 e. The molecule has 0 radical (unpaired) electrons. The third kappa shape index (κ3) is 4.76. The number of halogens is 1. The third-order valence-corrected chi connectivity index (χ3v) is 3.64. The second-order valence-corrected chi connectivity index (χ2v) is 5.38. The van der Waals surface area contributed by atoms with Gasteiger partial charge in [0.1, 0.15) is 12.4 Å². The molecule has 2 rings (SSSR count). The van der Waals surface area contributed by atoms with Gasteiger partial charge in [-0.15, -0.1) is 0 Å². The van der Waals surface area contributed by atoms with Crippen LogP contribution in [0.25, 0.3) is 0 Å². The minimum absolute atomic E-state index is 0.574. The van der Waals surface area contributed by atoms with Gasteiger partial charge in [0.25, 0.3) is 0 Å². The van der Waals surface area contributed by atoms with E-state index < -0.39 is 0 Å². The Morgan fingerprint density at radius 2 is 2.24 bits per heavy atom. The molecule has 0 aliphatic heterocycles. The van der Waals surface area contributed by atoms with Gasteiger partial charge in [-0.3, -0.25) is 4.68 Å². The number of aromatic nitrogens is 2. The number of rotatable bonds is 8. The van der Waals surface area contributed by atoms with Crippen LogP contribution in [-0.2, 0) is 13.1 Å². The normalized spacial score (nSPS) is 10.8. The molecule has 1 heterocycles. The van der Waals surface area contributed by atoms with E-state index in [0.717, 1.165) is 31.0 Å². The van der Waals surface area contributed by atoms with E-state index in [1.165, 1.54) is 5.56 Å². The lowest BCUT2D eigenvalue weighted by atomic mass is 10.2. The van der Waals surface area contributed by atoms with Crippen LogP contribution in [0.5, 0.6) is 5.75 Å². The molecule has 5 heteroatoms. The molecular weight excluding hydrogens is 286 g/mol. The summed E-state index contributed by atoms with van der Waals surface area (Å²) in [6.07, 6.45) is 2.80. The molecule has 4 nitrogen and oxygen atoms in total. The fourth-order valence-corrected chi connectivity index (χ4v) is 2.20. The Kier molecular flexibility index (Phi) is 6.08. The topological polar surface area (TPSA) is 39.1 Å². The van der Waals surface area contributed by atoms with Crippen LogP contribution in [0.3, 0.4) is 0 Å². The van der Waals surface area contributed by atoms with E-state index >= 15 is 0 Å². The zero-order valence-corrected chi connectivity index (χ0v) is 13.4. The Morgan fingerprint density at radius 1 is 1.38 bits per heavy atom. The molecule has 21 heavy (non-hydrogen) atoms. The van der Waals surface area contributed by atoms with Crippen LogP contribution in [0.4, 0.5) is 0 Å². The lowest BCUT2D eigenvalue weighted by molar-refractivity contribution is 0.289. The average Bonchev–Trinajstić information content (AvgIpc) is 2.80. The molecule has 0 amide bonds. The maximum atomic E-state index is 5.98. The van der Waals surface area contributed by atoms with Gasteiger partial charge in [-0.2, -0.15) is 5.10 Å². The van der Waals surface area contributed by atoms with Crippen LogP contribution in [0.2, 0.25) is 5.02 Å². The number of nitrogens with zero attached hydrogens (tertiary/aromatic N) is 2. The van der Waals surface area contributed by atoms with Gasteiger partial charge >= 0.3 is 0 Å². The van der Waals surface area contributed by atoms with E-state index in [0.29, 0.717) is 18.2 Å². The Balaban J connectivity index is 1.82. The number of hydrogen-bond acceptors (Lipinski definition) is 3. The van der Waals surface area contributed by atoms with E-state index in [1.54, 1.807) is 6.20 Å². The second kappa shape index (κ2) is 8.05. The first-order valence-corrected chi connectivity index (χ1v) is 7.69. The zero-order valence-electron chi connectivity index (χ0n) is 12.6. The first kappa shape index (κ1) is 15.9. The molecule has 0 saturated heterocycles. The van der Waals surface area contributed by atoms with Gasteiger partial charge in [0, 0.05) is 6.54 Å². The highest BCUT2D eigenvalue weighted by Crippen LogP contribution is 2.15. The monoisotopic (exact) mass is 307 g/mol. The summed E-state index contributed by atoms with van der Waals surface area (Å²) in [4.78, 5) is 0. The van der Waals surface area contributed by atoms with Crippen LogP contribution in [0.1, 0.15) is 24.6 Å². The summed E-state index contributed by atoms with van der Waals surface area (Å²) in [6, 6.07) is 8.18. The maximum absolute atomic E-state index is 5.98. The SMILES string of the molecule is CCCNCc1cccc(OCCn2ncc(Cl)c2C)c1. The van der Waals surface area contributed by atoms with Gasteiger partial charge < -0.3 is 10.1 Å². The summed E-state index contributed by atoms with van der Waals surface area (Å²) in [7, 11) is 0. The van der Waals surface area contributed by atoms with Crippen molar-refractivity contribution in [3.8, 4) is 5.75 Å². The minimum Gasteiger partial charge on any atom is -0.492 e. The number of benzene rings is 1. The zero-order chi connectivity index (χ0) is 15.1. The predicted octanol–water partition coefficient (Wildman–Crippen LogP) is 3.42. The molecule has 0 spiro atoms. The van der Waals surface area contributed by atoms with Crippen molar-refractivity contribution in [3.63, 3.8) is 0 Å². The molecule has 0 fully saturated rings. The molecule has 0 aliphatic carbocycles. The Bertz CT molecular complexity index is 568. The molecule has 114 valence electrons. The van der Waals surface area contributed by atoms with Gasteiger partial charge in [-0.25, -0.2) is 0 Å². The average molecular weight is 308 g/mol. The minimum atomic E-state index is 0.574. The molecule has 2 aromatic rings. The molecule has 1 aromatic heterocycles. The van der Waals surface area contributed by atoms with E-state index in [1.807, 2.05) is 23.7 Å². The Labute approximate surface area is 131 Å². The van der Waals surface area contributed by atoms with Crippen LogP contribution >= 0.6 is 11.6 Å². The fraction of sp³-hybridized carbons (Fsp3) is 0.438. The van der Waals surface area contributed by atoms with Crippen molar-refractivity contribution < 1.29 is 4.74 Å². The highest BCUT2D eigenvalue weighted by Gasteiger charge is 2.04. The van der Waals surface area contributed by atoms with E-state index in [4.69, 9.17) is 16.3 Å². The van der Waals surface area contributed by atoms with Crippen molar-refractivity contribution in [1.29, 1.82) is 0 Å². The number of nitrogens with one attached hydrogen (secondary N) is 1. The molecule has 1 N–H and O–H groups in total. The lowest BCUT2D eigenvalue weighted by Gasteiger charge is -2.09. The van der Waals surface area contributed by atoms with Crippen LogP contribution in [0.15, 0.2) is 30.5 Å². The van der Waals surface area contributed by atoms with Crippen molar-refractivity contribution in [3.05, 3.63) is 46.7 Å². The summed E-state index contributed by atoms with van der Waals surface area (Å²) >= 11 is 5.98. The first-order chi connectivity index (χ1) is 10.2. The largest absolute Gasteiger partial charge is 0.492 e. The predicted molar refractivity (Wildman–Crippen MR) is 85.9 cm³/mol. The molecular formula is C16H22ClN3O. The van der Waals surface area contributed by atoms with Crippen molar-refractivity contribution in [1.82, 2.24) is 15.1 Å². The molecule has 0 atom stereocenters. The summed E-state index contributed by atoms with van der Waals surface area (Å²) in [6.45, 7) is 7.29. The van der Waals surface area contributed by atoms with E-state index in [-0.39, 0.29) is 0 Å². The van der Waals surface area contributed by atoms with E-state index in [9.17, 15) is 0 Å². The molecule has 0 bridgehead atoms. The van der Waals surface area contributed by atoms with Gasteiger partial charge in [-0.1, -0.05) is 30.7 Å². The van der Waals surface area contributed by atoms with Crippen molar-refractivity contribution >= 4 is 11.6 Å².